The number of nitrogens with zero attached hydrogens (tertiary/aromatic N) is 6. The van der Waals surface area contributed by atoms with Gasteiger partial charge in [0.05, 0.1) is 37.3 Å². The van der Waals surface area contributed by atoms with Crippen molar-refractivity contribution in [1.82, 2.24) is 34.2 Å². The number of hydrogen-bond acceptors (Lipinski definition) is 9. The van der Waals surface area contributed by atoms with Crippen LogP contribution in [0.1, 0.15) is 31.5 Å². The highest BCUT2D eigenvalue weighted by Gasteiger charge is 2.21. The standard InChI is InChI=1S/C34H43N7O4.2CH2O2/c42-32(12-11-31-36-29-9-1-2-10-30(29)37-31)39-14-3-4-15-40(33(43)26-38-19-22-44-23-20-38)21-24-45-28-8-5-7-27(25-28)34-35-13-18-41(34)17-6-16-39;2*2-1-3/h1-2,5,7-10,13,18,25H,3-4,6,11-12,14-17,19-24,26H2,(H,36,37);2*1H,(H,2,3). The van der Waals surface area contributed by atoms with Crippen molar-refractivity contribution >= 4 is 35.8 Å². The van der Waals surface area contributed by atoms with Crippen LogP contribution in [0, 0.1) is 0 Å². The smallest absolute Gasteiger partial charge is 0.290 e. The molecular formula is C36H47N7O8. The Morgan fingerprint density at radius 2 is 1.53 bits per heavy atom. The summed E-state index contributed by atoms with van der Waals surface area (Å²) in [4.78, 5) is 62.4. The summed E-state index contributed by atoms with van der Waals surface area (Å²) >= 11 is 0. The summed E-state index contributed by atoms with van der Waals surface area (Å²) in [5.41, 5.74) is 2.88. The van der Waals surface area contributed by atoms with Crippen molar-refractivity contribution in [3.63, 3.8) is 0 Å². The summed E-state index contributed by atoms with van der Waals surface area (Å²) in [6.45, 7) is 6.32. The minimum atomic E-state index is -0.250. The first-order valence-corrected chi connectivity index (χ1v) is 17.1. The molecular weight excluding hydrogens is 658 g/mol. The maximum Gasteiger partial charge on any atom is 0.290 e. The average Bonchev–Trinajstić information content (AvgIpc) is 3.79. The van der Waals surface area contributed by atoms with E-state index in [1.54, 1.807) is 0 Å². The molecule has 0 spiro atoms. The third-order valence-electron chi connectivity index (χ3n) is 8.55. The zero-order valence-corrected chi connectivity index (χ0v) is 28.8. The first-order valence-electron chi connectivity index (χ1n) is 17.1. The summed E-state index contributed by atoms with van der Waals surface area (Å²) in [5.74, 6) is 2.69. The van der Waals surface area contributed by atoms with Crippen LogP contribution in [0.15, 0.2) is 60.9 Å². The zero-order chi connectivity index (χ0) is 36.3. The summed E-state index contributed by atoms with van der Waals surface area (Å²) in [6.07, 6.45) is 7.19. The van der Waals surface area contributed by atoms with Crippen molar-refractivity contribution in [2.45, 2.75) is 38.6 Å². The number of H-pyrrole nitrogens is 1. The van der Waals surface area contributed by atoms with Gasteiger partial charge in [0.15, 0.2) is 0 Å². The predicted molar refractivity (Wildman–Crippen MR) is 189 cm³/mol. The Hall–Kier alpha value is -5.28. The molecule has 2 aromatic carbocycles. The van der Waals surface area contributed by atoms with Gasteiger partial charge in [-0.2, -0.15) is 0 Å². The molecule has 2 bridgehead atoms. The molecule has 4 heterocycles. The lowest BCUT2D eigenvalue weighted by Crippen LogP contribution is -2.46. The fourth-order valence-corrected chi connectivity index (χ4v) is 6.07. The van der Waals surface area contributed by atoms with Crippen molar-refractivity contribution in [3.8, 4) is 17.1 Å². The second-order valence-corrected chi connectivity index (χ2v) is 11.9. The highest BCUT2D eigenvalue weighted by molar-refractivity contribution is 5.78. The number of hydrogen-bond donors (Lipinski definition) is 3. The Bertz CT molecular complexity index is 1630. The Morgan fingerprint density at radius 1 is 0.824 bits per heavy atom. The number of carboxylic acid groups (broad SMARTS) is 2. The number of morpholine rings is 1. The number of aromatic nitrogens is 4. The Balaban J connectivity index is 0.000000909. The summed E-state index contributed by atoms with van der Waals surface area (Å²) < 4.78 is 13.7. The third-order valence-corrected chi connectivity index (χ3v) is 8.55. The molecule has 274 valence electrons. The van der Waals surface area contributed by atoms with Gasteiger partial charge in [-0.1, -0.05) is 24.3 Å². The lowest BCUT2D eigenvalue weighted by atomic mass is 10.2. The van der Waals surface area contributed by atoms with E-state index in [0.717, 1.165) is 72.9 Å². The van der Waals surface area contributed by atoms with Crippen LogP contribution in [-0.2, 0) is 36.9 Å². The SMILES string of the molecule is O=C(CCc1nc2ccccc2[nH]1)N1CCCCN(C(=O)CN2CCOCC2)CCOc2cccc(c2)-c2nccn2CCC1.O=CO.O=CO. The molecule has 1 fully saturated rings. The molecule has 0 saturated carbocycles. The molecule has 3 N–H and O–H groups in total. The molecule has 4 aromatic rings. The molecule has 15 heteroatoms. The van der Waals surface area contributed by atoms with Gasteiger partial charge in [-0.25, -0.2) is 9.97 Å². The lowest BCUT2D eigenvalue weighted by molar-refractivity contribution is -0.134. The fraction of sp³-hybridized carbons (Fsp3) is 0.444. The van der Waals surface area contributed by atoms with Crippen LogP contribution in [0.3, 0.4) is 0 Å². The third kappa shape index (κ3) is 12.2. The minimum Gasteiger partial charge on any atom is -0.492 e. The number of carbonyl (C=O) groups excluding carboxylic acids is 2. The molecule has 0 unspecified atom stereocenters. The first-order chi connectivity index (χ1) is 24.9. The number of amides is 2. The topological polar surface area (TPSA) is 183 Å². The second-order valence-electron chi connectivity index (χ2n) is 11.9. The number of para-hydroxylation sites is 2. The number of rotatable bonds is 5. The molecule has 6 rings (SSSR count). The number of imidazole rings is 2. The molecule has 0 aliphatic carbocycles. The van der Waals surface area contributed by atoms with E-state index in [4.69, 9.17) is 29.3 Å². The monoisotopic (exact) mass is 705 g/mol. The number of nitrogens with one attached hydrogen (secondary N) is 1. The molecule has 2 aliphatic heterocycles. The van der Waals surface area contributed by atoms with Crippen LogP contribution in [0.5, 0.6) is 5.75 Å². The summed E-state index contributed by atoms with van der Waals surface area (Å²) in [7, 11) is 0. The minimum absolute atomic E-state index is 0.105. The van der Waals surface area contributed by atoms with Gasteiger partial charge in [0.1, 0.15) is 24.0 Å². The summed E-state index contributed by atoms with van der Waals surface area (Å²) in [5, 5.41) is 13.8. The maximum atomic E-state index is 13.5. The molecule has 15 nitrogen and oxygen atoms in total. The van der Waals surface area contributed by atoms with Gasteiger partial charge in [-0.3, -0.25) is 24.1 Å². The van der Waals surface area contributed by atoms with E-state index in [1.807, 2.05) is 70.7 Å². The van der Waals surface area contributed by atoms with Gasteiger partial charge < -0.3 is 39.0 Å². The predicted octanol–water partition coefficient (Wildman–Crippen LogP) is 3.01. The van der Waals surface area contributed by atoms with E-state index < -0.39 is 0 Å². The zero-order valence-electron chi connectivity index (χ0n) is 28.8. The molecule has 51 heavy (non-hydrogen) atoms. The number of aromatic amines is 1. The van der Waals surface area contributed by atoms with Crippen LogP contribution < -0.4 is 4.74 Å². The van der Waals surface area contributed by atoms with Crippen LogP contribution in [0.4, 0.5) is 0 Å². The van der Waals surface area contributed by atoms with Crippen LogP contribution in [-0.4, -0.2) is 135 Å². The molecule has 2 aromatic heterocycles. The number of benzene rings is 2. The number of fused-ring (bicyclic) bond motifs is 5. The highest BCUT2D eigenvalue weighted by atomic mass is 16.5. The summed E-state index contributed by atoms with van der Waals surface area (Å²) in [6, 6.07) is 15.9. The quantitative estimate of drug-likeness (QED) is 0.260. The van der Waals surface area contributed by atoms with Gasteiger partial charge in [0.2, 0.25) is 11.8 Å². The average molecular weight is 706 g/mol. The first kappa shape index (κ1) is 38.5. The van der Waals surface area contributed by atoms with Crippen LogP contribution >= 0.6 is 0 Å². The maximum absolute atomic E-state index is 13.5. The van der Waals surface area contributed by atoms with E-state index in [0.29, 0.717) is 65.4 Å². The van der Waals surface area contributed by atoms with E-state index in [-0.39, 0.29) is 24.8 Å². The van der Waals surface area contributed by atoms with Crippen molar-refractivity contribution in [2.75, 3.05) is 65.6 Å². The van der Waals surface area contributed by atoms with Gasteiger partial charge in [0, 0.05) is 70.1 Å². The largest absolute Gasteiger partial charge is 0.492 e. The number of ether oxygens (including phenoxy) is 2. The Labute approximate surface area is 296 Å². The van der Waals surface area contributed by atoms with Gasteiger partial charge >= 0.3 is 0 Å². The van der Waals surface area contributed by atoms with Crippen molar-refractivity contribution in [3.05, 3.63) is 66.7 Å². The normalized spacial score (nSPS) is 15.8. The van der Waals surface area contributed by atoms with Crippen molar-refractivity contribution < 1.29 is 38.9 Å². The molecule has 2 amide bonds. The Kier molecular flexibility index (Phi) is 15.9. The molecule has 0 radical (unpaired) electrons. The van der Waals surface area contributed by atoms with Crippen molar-refractivity contribution in [2.24, 2.45) is 0 Å². The van der Waals surface area contributed by atoms with Crippen molar-refractivity contribution in [1.29, 1.82) is 0 Å². The number of carbonyl (C=O) groups is 4. The molecule has 1 saturated heterocycles. The lowest BCUT2D eigenvalue weighted by Gasteiger charge is -2.30. The van der Waals surface area contributed by atoms with E-state index in [9.17, 15) is 9.59 Å². The van der Waals surface area contributed by atoms with E-state index in [2.05, 4.69) is 24.4 Å². The van der Waals surface area contributed by atoms with Gasteiger partial charge in [0.25, 0.3) is 12.9 Å². The van der Waals surface area contributed by atoms with E-state index in [1.165, 1.54) is 0 Å². The van der Waals surface area contributed by atoms with Crippen LogP contribution in [0.25, 0.3) is 22.4 Å². The van der Waals surface area contributed by atoms with Gasteiger partial charge in [-0.15, -0.1) is 0 Å². The second kappa shape index (κ2) is 21.1. The molecule has 0 atom stereocenters. The van der Waals surface area contributed by atoms with E-state index >= 15 is 0 Å². The van der Waals surface area contributed by atoms with Crippen LogP contribution in [0.2, 0.25) is 0 Å². The molecule has 2 aliphatic rings. The number of aryl methyl sites for hydroxylation is 2. The Morgan fingerprint density at radius 3 is 2.27 bits per heavy atom. The fourth-order valence-electron chi connectivity index (χ4n) is 6.07. The highest BCUT2D eigenvalue weighted by Crippen LogP contribution is 2.23. The van der Waals surface area contributed by atoms with Gasteiger partial charge in [-0.05, 0) is 43.5 Å².